The number of methoxy groups -OCH3 is 1. The number of nitrogens with one attached hydrogen (secondary N) is 1. The largest absolute Gasteiger partial charge is 0.378 e. The number of imidazole rings is 1. The maximum atomic E-state index is 12.8. The van der Waals surface area contributed by atoms with Crippen molar-refractivity contribution in [3.8, 4) is 0 Å². The molecule has 1 amide bonds. The monoisotopic (exact) mass is 366 g/mol. The van der Waals surface area contributed by atoms with Gasteiger partial charge in [-0.2, -0.15) is 0 Å². The van der Waals surface area contributed by atoms with E-state index in [1.807, 2.05) is 45.9 Å². The number of hydrogen-bond donors (Lipinski definition) is 1. The van der Waals surface area contributed by atoms with Crippen LogP contribution in [0.2, 0.25) is 0 Å². The van der Waals surface area contributed by atoms with Crippen LogP contribution in [0.4, 0.5) is 0 Å². The van der Waals surface area contributed by atoms with E-state index in [1.54, 1.807) is 13.2 Å². The second kappa shape index (κ2) is 7.36. The number of rotatable bonds is 4. The molecular weight excluding hydrogens is 344 g/mol. The fraction of sp³-hybridized carbons (Fsp3) is 0.350. The molecule has 140 valence electrons. The van der Waals surface area contributed by atoms with Crippen LogP contribution in [0.15, 0.2) is 47.3 Å². The second-order valence-corrected chi connectivity index (χ2v) is 6.79. The molecule has 0 saturated carbocycles. The van der Waals surface area contributed by atoms with E-state index in [4.69, 9.17) is 4.74 Å². The Kier molecular flexibility index (Phi) is 4.77. The van der Waals surface area contributed by atoms with Gasteiger partial charge in [0.1, 0.15) is 5.69 Å². The molecule has 4 rings (SSSR count). The topological polar surface area (TPSA) is 80.2 Å². The van der Waals surface area contributed by atoms with Crippen molar-refractivity contribution in [3.05, 3.63) is 64.3 Å². The molecule has 1 N–H and O–H groups in total. The zero-order chi connectivity index (χ0) is 18.8. The Morgan fingerprint density at radius 2 is 1.96 bits per heavy atom. The number of likely N-dealkylation sites (tertiary alicyclic amines) is 1. The summed E-state index contributed by atoms with van der Waals surface area (Å²) in [6, 6.07) is 13.2. The minimum Gasteiger partial charge on any atom is -0.378 e. The Bertz CT molecular complexity index is 1020. The maximum absolute atomic E-state index is 12.8. The van der Waals surface area contributed by atoms with Crippen LogP contribution in [0.3, 0.4) is 0 Å². The fourth-order valence-corrected chi connectivity index (χ4v) is 3.75. The van der Waals surface area contributed by atoms with Gasteiger partial charge < -0.3 is 14.6 Å². The number of aromatic nitrogens is 3. The number of amides is 1. The summed E-state index contributed by atoms with van der Waals surface area (Å²) < 4.78 is 6.92. The van der Waals surface area contributed by atoms with Gasteiger partial charge in [0.05, 0.1) is 23.3 Å². The number of benzene rings is 1. The van der Waals surface area contributed by atoms with Gasteiger partial charge in [-0.15, -0.1) is 0 Å². The molecule has 0 atom stereocenters. The van der Waals surface area contributed by atoms with Crippen molar-refractivity contribution >= 4 is 16.9 Å². The van der Waals surface area contributed by atoms with Crippen LogP contribution >= 0.6 is 0 Å². The predicted molar refractivity (Wildman–Crippen MR) is 102 cm³/mol. The van der Waals surface area contributed by atoms with Gasteiger partial charge in [-0.05, 0) is 37.1 Å². The molecule has 1 aromatic carbocycles. The van der Waals surface area contributed by atoms with Crippen LogP contribution in [0.25, 0.3) is 11.0 Å². The SMILES string of the molecule is COCc1cccc(C(=O)N2CCC(n3c(=O)[nH]c4ccccc43)CC2)n1. The van der Waals surface area contributed by atoms with Gasteiger partial charge in [0, 0.05) is 26.2 Å². The van der Waals surface area contributed by atoms with E-state index in [-0.39, 0.29) is 17.6 Å². The van der Waals surface area contributed by atoms with Crippen LogP contribution in [0.5, 0.6) is 0 Å². The third kappa shape index (κ3) is 3.38. The van der Waals surface area contributed by atoms with Gasteiger partial charge in [-0.25, -0.2) is 9.78 Å². The average molecular weight is 366 g/mol. The fourth-order valence-electron chi connectivity index (χ4n) is 3.75. The lowest BCUT2D eigenvalue weighted by molar-refractivity contribution is 0.0688. The number of carbonyl (C=O) groups is 1. The Labute approximate surface area is 156 Å². The summed E-state index contributed by atoms with van der Waals surface area (Å²) in [5, 5.41) is 0. The molecule has 0 radical (unpaired) electrons. The highest BCUT2D eigenvalue weighted by atomic mass is 16.5. The van der Waals surface area contributed by atoms with Crippen molar-refractivity contribution in [2.75, 3.05) is 20.2 Å². The molecule has 1 saturated heterocycles. The molecule has 27 heavy (non-hydrogen) atoms. The molecule has 0 bridgehead atoms. The minimum absolute atomic E-state index is 0.0716. The second-order valence-electron chi connectivity index (χ2n) is 6.79. The van der Waals surface area contributed by atoms with Crippen molar-refractivity contribution in [2.45, 2.75) is 25.5 Å². The molecule has 1 fully saturated rings. The Hall–Kier alpha value is -2.93. The molecule has 3 heterocycles. The molecule has 2 aromatic heterocycles. The van der Waals surface area contributed by atoms with Crippen LogP contribution in [0, 0.1) is 0 Å². The highest BCUT2D eigenvalue weighted by Crippen LogP contribution is 2.25. The van der Waals surface area contributed by atoms with Crippen LogP contribution in [-0.2, 0) is 11.3 Å². The van der Waals surface area contributed by atoms with Crippen molar-refractivity contribution in [1.82, 2.24) is 19.4 Å². The van der Waals surface area contributed by atoms with E-state index in [1.165, 1.54) is 0 Å². The number of pyridine rings is 1. The van der Waals surface area contributed by atoms with E-state index in [9.17, 15) is 9.59 Å². The molecular formula is C20H22N4O3. The third-order valence-electron chi connectivity index (χ3n) is 5.06. The zero-order valence-corrected chi connectivity index (χ0v) is 15.2. The average Bonchev–Trinajstić information content (AvgIpc) is 3.04. The van der Waals surface area contributed by atoms with E-state index in [0.717, 1.165) is 29.6 Å². The molecule has 0 spiro atoms. The van der Waals surface area contributed by atoms with Gasteiger partial charge in [0.15, 0.2) is 0 Å². The number of piperidine rings is 1. The van der Waals surface area contributed by atoms with Gasteiger partial charge in [-0.1, -0.05) is 18.2 Å². The number of H-pyrrole nitrogens is 1. The van der Waals surface area contributed by atoms with Crippen LogP contribution in [0.1, 0.15) is 35.1 Å². The Balaban J connectivity index is 1.49. The van der Waals surface area contributed by atoms with Gasteiger partial charge in [0.25, 0.3) is 5.91 Å². The van der Waals surface area contributed by atoms with E-state index >= 15 is 0 Å². The number of fused-ring (bicyclic) bond motifs is 1. The number of aromatic amines is 1. The molecule has 1 aliphatic rings. The Morgan fingerprint density at radius 3 is 2.74 bits per heavy atom. The van der Waals surface area contributed by atoms with E-state index in [0.29, 0.717) is 25.4 Å². The summed E-state index contributed by atoms with van der Waals surface area (Å²) in [6.45, 7) is 1.59. The van der Waals surface area contributed by atoms with Gasteiger partial charge >= 0.3 is 5.69 Å². The van der Waals surface area contributed by atoms with E-state index < -0.39 is 0 Å². The quantitative estimate of drug-likeness (QED) is 0.769. The van der Waals surface area contributed by atoms with Crippen LogP contribution in [-0.4, -0.2) is 45.5 Å². The molecule has 1 aliphatic heterocycles. The first-order valence-electron chi connectivity index (χ1n) is 9.11. The zero-order valence-electron chi connectivity index (χ0n) is 15.2. The number of carbonyl (C=O) groups excluding carboxylic acids is 1. The third-order valence-corrected chi connectivity index (χ3v) is 5.06. The van der Waals surface area contributed by atoms with Crippen LogP contribution < -0.4 is 5.69 Å². The first-order chi connectivity index (χ1) is 13.2. The van der Waals surface area contributed by atoms with Gasteiger partial charge in [-0.3, -0.25) is 9.36 Å². The summed E-state index contributed by atoms with van der Waals surface area (Å²) in [5.41, 5.74) is 2.85. The summed E-state index contributed by atoms with van der Waals surface area (Å²) >= 11 is 0. The van der Waals surface area contributed by atoms with Crippen molar-refractivity contribution in [2.24, 2.45) is 0 Å². The number of ether oxygens (including phenoxy) is 1. The number of para-hydroxylation sites is 2. The standard InChI is InChI=1S/C20H22N4O3/c1-27-13-14-5-4-7-17(21-14)19(25)23-11-9-15(10-12-23)24-18-8-3-2-6-16(18)22-20(24)26/h2-8,15H,9-13H2,1H3,(H,22,26). The molecule has 0 unspecified atom stereocenters. The van der Waals surface area contributed by atoms with E-state index in [2.05, 4.69) is 9.97 Å². The smallest absolute Gasteiger partial charge is 0.326 e. The Morgan fingerprint density at radius 1 is 1.19 bits per heavy atom. The maximum Gasteiger partial charge on any atom is 0.326 e. The molecule has 7 heteroatoms. The summed E-state index contributed by atoms with van der Waals surface area (Å²) in [4.78, 5) is 34.3. The predicted octanol–water partition coefficient (Wildman–Crippen LogP) is 2.35. The highest BCUT2D eigenvalue weighted by Gasteiger charge is 2.27. The van der Waals surface area contributed by atoms with Gasteiger partial charge in [0.2, 0.25) is 0 Å². The summed E-state index contributed by atoms with van der Waals surface area (Å²) in [6.07, 6.45) is 1.48. The normalized spacial score (nSPS) is 15.4. The van der Waals surface area contributed by atoms with Crippen molar-refractivity contribution in [3.63, 3.8) is 0 Å². The number of nitrogens with zero attached hydrogens (tertiary/aromatic N) is 3. The molecule has 7 nitrogen and oxygen atoms in total. The van der Waals surface area contributed by atoms with Crippen molar-refractivity contribution < 1.29 is 9.53 Å². The minimum atomic E-state index is -0.0880. The number of hydrogen-bond acceptors (Lipinski definition) is 4. The molecule has 0 aliphatic carbocycles. The first-order valence-corrected chi connectivity index (χ1v) is 9.11. The lowest BCUT2D eigenvalue weighted by Crippen LogP contribution is -2.40. The lowest BCUT2D eigenvalue weighted by Gasteiger charge is -2.32. The first kappa shape index (κ1) is 17.5. The molecule has 3 aromatic rings. The summed E-state index contributed by atoms with van der Waals surface area (Å²) in [7, 11) is 1.60. The summed E-state index contributed by atoms with van der Waals surface area (Å²) in [5.74, 6) is -0.0716. The highest BCUT2D eigenvalue weighted by molar-refractivity contribution is 5.92. The lowest BCUT2D eigenvalue weighted by atomic mass is 10.0. The van der Waals surface area contributed by atoms with Crippen molar-refractivity contribution in [1.29, 1.82) is 0 Å².